The van der Waals surface area contributed by atoms with Crippen LogP contribution in [-0.2, 0) is 5.41 Å². The first kappa shape index (κ1) is 13.6. The SMILES string of the molecule is CCC(C)C(C)n1cncc1C1(C)CCNCC1. The van der Waals surface area contributed by atoms with Crippen molar-refractivity contribution in [2.45, 2.75) is 58.4 Å². The van der Waals surface area contributed by atoms with E-state index in [9.17, 15) is 0 Å². The standard InChI is InChI=1S/C15H27N3/c1-5-12(2)13(3)18-11-17-10-14(18)15(4)6-8-16-9-7-15/h10-13,16H,5-9H2,1-4H3. The summed E-state index contributed by atoms with van der Waals surface area (Å²) in [6.07, 6.45) is 7.76. The number of imidazole rings is 1. The third kappa shape index (κ3) is 2.46. The van der Waals surface area contributed by atoms with Crippen LogP contribution in [0.4, 0.5) is 0 Å². The van der Waals surface area contributed by atoms with Crippen molar-refractivity contribution in [1.82, 2.24) is 14.9 Å². The van der Waals surface area contributed by atoms with Gasteiger partial charge in [-0.25, -0.2) is 4.98 Å². The topological polar surface area (TPSA) is 29.9 Å². The Balaban J connectivity index is 2.26. The summed E-state index contributed by atoms with van der Waals surface area (Å²) in [4.78, 5) is 4.42. The Labute approximate surface area is 111 Å². The van der Waals surface area contributed by atoms with Gasteiger partial charge in [0.15, 0.2) is 0 Å². The van der Waals surface area contributed by atoms with Crippen molar-refractivity contribution >= 4 is 0 Å². The fourth-order valence-corrected chi connectivity index (χ4v) is 2.95. The summed E-state index contributed by atoms with van der Waals surface area (Å²) in [5.41, 5.74) is 1.72. The lowest BCUT2D eigenvalue weighted by molar-refractivity contribution is 0.289. The molecule has 1 aromatic rings. The fraction of sp³-hybridized carbons (Fsp3) is 0.800. The van der Waals surface area contributed by atoms with Crippen LogP contribution in [0.5, 0.6) is 0 Å². The summed E-state index contributed by atoms with van der Waals surface area (Å²) in [5.74, 6) is 0.697. The third-order valence-corrected chi connectivity index (χ3v) is 4.90. The summed E-state index contributed by atoms with van der Waals surface area (Å²) in [7, 11) is 0. The molecule has 0 aliphatic carbocycles. The highest BCUT2D eigenvalue weighted by atomic mass is 15.1. The Bertz CT molecular complexity index is 377. The van der Waals surface area contributed by atoms with Gasteiger partial charge < -0.3 is 9.88 Å². The van der Waals surface area contributed by atoms with Gasteiger partial charge in [0, 0.05) is 23.3 Å². The number of nitrogens with one attached hydrogen (secondary N) is 1. The highest BCUT2D eigenvalue weighted by Crippen LogP contribution is 2.35. The van der Waals surface area contributed by atoms with E-state index in [0.29, 0.717) is 17.4 Å². The minimum Gasteiger partial charge on any atom is -0.331 e. The maximum Gasteiger partial charge on any atom is 0.0950 e. The third-order valence-electron chi connectivity index (χ3n) is 4.90. The van der Waals surface area contributed by atoms with Gasteiger partial charge >= 0.3 is 0 Å². The van der Waals surface area contributed by atoms with Crippen molar-refractivity contribution in [3.63, 3.8) is 0 Å². The van der Waals surface area contributed by atoms with E-state index in [4.69, 9.17) is 0 Å². The minimum absolute atomic E-state index is 0.295. The van der Waals surface area contributed by atoms with Gasteiger partial charge in [-0.2, -0.15) is 0 Å². The molecule has 1 aromatic heterocycles. The van der Waals surface area contributed by atoms with Crippen LogP contribution in [0.25, 0.3) is 0 Å². The molecule has 0 bridgehead atoms. The van der Waals surface area contributed by atoms with Crippen LogP contribution >= 0.6 is 0 Å². The molecule has 0 amide bonds. The monoisotopic (exact) mass is 249 g/mol. The molecule has 2 rings (SSSR count). The fourth-order valence-electron chi connectivity index (χ4n) is 2.95. The van der Waals surface area contributed by atoms with E-state index >= 15 is 0 Å². The lowest BCUT2D eigenvalue weighted by Gasteiger charge is -2.36. The summed E-state index contributed by atoms with van der Waals surface area (Å²) >= 11 is 0. The van der Waals surface area contributed by atoms with Gasteiger partial charge in [-0.3, -0.25) is 0 Å². The zero-order valence-corrected chi connectivity index (χ0v) is 12.2. The van der Waals surface area contributed by atoms with Gasteiger partial charge in [-0.05, 0) is 38.8 Å². The summed E-state index contributed by atoms with van der Waals surface area (Å²) in [5, 5.41) is 3.45. The molecule has 2 heterocycles. The second-order valence-corrected chi connectivity index (χ2v) is 6.12. The largest absolute Gasteiger partial charge is 0.331 e. The van der Waals surface area contributed by atoms with Crippen molar-refractivity contribution in [3.05, 3.63) is 18.2 Å². The van der Waals surface area contributed by atoms with Crippen LogP contribution in [0.2, 0.25) is 0 Å². The van der Waals surface area contributed by atoms with Crippen LogP contribution in [0.3, 0.4) is 0 Å². The Morgan fingerprint density at radius 3 is 2.67 bits per heavy atom. The summed E-state index contributed by atoms with van der Waals surface area (Å²) in [6, 6.07) is 0.541. The molecule has 0 spiro atoms. The molecule has 3 heteroatoms. The van der Waals surface area contributed by atoms with Gasteiger partial charge in [0.1, 0.15) is 0 Å². The predicted octanol–water partition coefficient (Wildman–Crippen LogP) is 3.13. The number of piperidine rings is 1. The molecule has 1 aliphatic heterocycles. The molecular formula is C15H27N3. The molecule has 1 fully saturated rings. The molecule has 1 N–H and O–H groups in total. The first-order valence-electron chi connectivity index (χ1n) is 7.31. The van der Waals surface area contributed by atoms with Crippen LogP contribution in [0.1, 0.15) is 58.7 Å². The van der Waals surface area contributed by atoms with Crippen molar-refractivity contribution in [2.24, 2.45) is 5.92 Å². The first-order valence-corrected chi connectivity index (χ1v) is 7.31. The summed E-state index contributed by atoms with van der Waals surface area (Å²) in [6.45, 7) is 11.6. The van der Waals surface area contributed by atoms with Crippen molar-refractivity contribution in [2.75, 3.05) is 13.1 Å². The maximum atomic E-state index is 4.42. The lowest BCUT2D eigenvalue weighted by atomic mass is 9.78. The van der Waals surface area contributed by atoms with Crippen molar-refractivity contribution in [3.8, 4) is 0 Å². The average Bonchev–Trinajstić information content (AvgIpc) is 2.87. The van der Waals surface area contributed by atoms with Gasteiger partial charge in [-0.1, -0.05) is 27.2 Å². The molecule has 102 valence electrons. The van der Waals surface area contributed by atoms with E-state index in [2.05, 4.69) is 48.8 Å². The molecular weight excluding hydrogens is 222 g/mol. The number of aromatic nitrogens is 2. The highest BCUT2D eigenvalue weighted by molar-refractivity contribution is 5.16. The number of nitrogens with zero attached hydrogens (tertiary/aromatic N) is 2. The van der Waals surface area contributed by atoms with Crippen LogP contribution in [0, 0.1) is 5.92 Å². The molecule has 0 radical (unpaired) electrons. The first-order chi connectivity index (χ1) is 8.58. The summed E-state index contributed by atoms with van der Waals surface area (Å²) < 4.78 is 2.42. The van der Waals surface area contributed by atoms with Crippen LogP contribution in [0.15, 0.2) is 12.5 Å². The molecule has 1 aliphatic rings. The van der Waals surface area contributed by atoms with Gasteiger partial charge in [0.05, 0.1) is 6.33 Å². The highest BCUT2D eigenvalue weighted by Gasteiger charge is 2.32. The smallest absolute Gasteiger partial charge is 0.0950 e. The Morgan fingerprint density at radius 1 is 1.39 bits per heavy atom. The lowest BCUT2D eigenvalue weighted by Crippen LogP contribution is -2.39. The molecule has 2 atom stereocenters. The van der Waals surface area contributed by atoms with Crippen molar-refractivity contribution < 1.29 is 0 Å². The van der Waals surface area contributed by atoms with E-state index in [1.165, 1.54) is 25.0 Å². The zero-order chi connectivity index (χ0) is 13.2. The second kappa shape index (κ2) is 5.43. The van der Waals surface area contributed by atoms with Crippen LogP contribution < -0.4 is 5.32 Å². The molecule has 18 heavy (non-hydrogen) atoms. The average molecular weight is 249 g/mol. The number of hydrogen-bond donors (Lipinski definition) is 1. The van der Waals surface area contributed by atoms with Crippen molar-refractivity contribution in [1.29, 1.82) is 0 Å². The van der Waals surface area contributed by atoms with Gasteiger partial charge in [0.2, 0.25) is 0 Å². The van der Waals surface area contributed by atoms with Crippen LogP contribution in [-0.4, -0.2) is 22.6 Å². The van der Waals surface area contributed by atoms with E-state index in [-0.39, 0.29) is 0 Å². The van der Waals surface area contributed by atoms with E-state index in [0.717, 1.165) is 13.1 Å². The predicted molar refractivity (Wildman–Crippen MR) is 75.8 cm³/mol. The second-order valence-electron chi connectivity index (χ2n) is 6.12. The van der Waals surface area contributed by atoms with Gasteiger partial charge in [-0.15, -0.1) is 0 Å². The Hall–Kier alpha value is -0.830. The Morgan fingerprint density at radius 2 is 2.06 bits per heavy atom. The molecule has 2 unspecified atom stereocenters. The van der Waals surface area contributed by atoms with E-state index < -0.39 is 0 Å². The maximum absolute atomic E-state index is 4.42. The van der Waals surface area contributed by atoms with E-state index in [1.54, 1.807) is 0 Å². The normalized spacial score (nSPS) is 22.7. The molecule has 3 nitrogen and oxygen atoms in total. The number of hydrogen-bond acceptors (Lipinski definition) is 2. The molecule has 0 aromatic carbocycles. The Kier molecular flexibility index (Phi) is 4.10. The molecule has 1 saturated heterocycles. The minimum atomic E-state index is 0.295. The molecule has 0 saturated carbocycles. The number of rotatable bonds is 4. The van der Waals surface area contributed by atoms with Gasteiger partial charge in [0.25, 0.3) is 0 Å². The van der Waals surface area contributed by atoms with E-state index in [1.807, 2.05) is 6.33 Å². The quantitative estimate of drug-likeness (QED) is 0.888. The zero-order valence-electron chi connectivity index (χ0n) is 12.2.